The van der Waals surface area contributed by atoms with Gasteiger partial charge >= 0.3 is 0 Å². The van der Waals surface area contributed by atoms with E-state index in [-0.39, 0.29) is 0 Å². The number of benzene rings is 1. The van der Waals surface area contributed by atoms with E-state index in [1.807, 2.05) is 6.07 Å². The molecule has 2 rings (SSSR count). The van der Waals surface area contributed by atoms with E-state index in [4.69, 9.17) is 11.6 Å². The number of hydrogen-bond donors (Lipinski definition) is 1. The molecular weight excluding hydrogens is 324 g/mol. The number of rotatable bonds is 5. The fourth-order valence-electron chi connectivity index (χ4n) is 2.54. The van der Waals surface area contributed by atoms with Crippen LogP contribution < -0.4 is 5.32 Å². The lowest BCUT2D eigenvalue weighted by atomic mass is 10.1. The molecule has 4 heteroatoms. The van der Waals surface area contributed by atoms with Crippen LogP contribution in [0, 0.1) is 0 Å². The van der Waals surface area contributed by atoms with Crippen LogP contribution in [-0.2, 0) is 6.54 Å². The van der Waals surface area contributed by atoms with Crippen LogP contribution in [0.25, 0.3) is 0 Å². The van der Waals surface area contributed by atoms with Crippen molar-refractivity contribution in [2.75, 3.05) is 19.6 Å². The Kier molecular flexibility index (Phi) is 6.14. The van der Waals surface area contributed by atoms with Gasteiger partial charge in [0.1, 0.15) is 0 Å². The van der Waals surface area contributed by atoms with Gasteiger partial charge in [0, 0.05) is 23.6 Å². The highest BCUT2D eigenvalue weighted by Crippen LogP contribution is 2.23. The highest BCUT2D eigenvalue weighted by atomic mass is 79.9. The van der Waals surface area contributed by atoms with E-state index >= 15 is 0 Å². The van der Waals surface area contributed by atoms with Gasteiger partial charge in [0.05, 0.1) is 5.02 Å². The van der Waals surface area contributed by atoms with Gasteiger partial charge in [-0.3, -0.25) is 0 Å². The Bertz CT molecular complexity index is 405. The van der Waals surface area contributed by atoms with Gasteiger partial charge in [0.25, 0.3) is 0 Å². The third kappa shape index (κ3) is 5.07. The van der Waals surface area contributed by atoms with Crippen molar-refractivity contribution in [2.45, 2.75) is 38.8 Å². The fraction of sp³-hybridized carbons (Fsp3) is 0.600. The maximum atomic E-state index is 6.00. The molecule has 1 fully saturated rings. The van der Waals surface area contributed by atoms with E-state index < -0.39 is 0 Å². The van der Waals surface area contributed by atoms with Gasteiger partial charge in [0.15, 0.2) is 0 Å². The minimum atomic E-state index is 0.521. The zero-order valence-corrected chi connectivity index (χ0v) is 13.8. The van der Waals surface area contributed by atoms with E-state index in [1.54, 1.807) is 0 Å². The molecule has 1 unspecified atom stereocenters. The third-order valence-corrected chi connectivity index (χ3v) is 4.83. The molecule has 1 N–H and O–H groups in total. The van der Waals surface area contributed by atoms with Gasteiger partial charge in [-0.25, -0.2) is 0 Å². The first kappa shape index (κ1) is 15.3. The molecule has 0 saturated carbocycles. The quantitative estimate of drug-likeness (QED) is 0.865. The number of likely N-dealkylation sites (tertiary alicyclic amines) is 1. The van der Waals surface area contributed by atoms with Crippen molar-refractivity contribution in [1.29, 1.82) is 0 Å². The Hall–Kier alpha value is -0.0900. The molecule has 1 aromatic rings. The van der Waals surface area contributed by atoms with E-state index in [0.29, 0.717) is 6.04 Å². The topological polar surface area (TPSA) is 15.3 Å². The first-order valence-corrected chi connectivity index (χ1v) is 8.22. The SMILES string of the molecule is CC(CN1CCCCC1)NCc1ccc(Cl)c(Br)c1. The Morgan fingerprint density at radius 1 is 1.32 bits per heavy atom. The van der Waals surface area contributed by atoms with Crippen molar-refractivity contribution < 1.29 is 0 Å². The van der Waals surface area contributed by atoms with Crippen LogP contribution in [-0.4, -0.2) is 30.6 Å². The molecule has 0 radical (unpaired) electrons. The Morgan fingerprint density at radius 3 is 2.74 bits per heavy atom. The summed E-state index contributed by atoms with van der Waals surface area (Å²) < 4.78 is 0.970. The lowest BCUT2D eigenvalue weighted by molar-refractivity contribution is 0.209. The molecule has 0 spiro atoms. The van der Waals surface area contributed by atoms with Crippen LogP contribution >= 0.6 is 27.5 Å². The molecular formula is C15H22BrClN2. The lowest BCUT2D eigenvalue weighted by Crippen LogP contribution is -2.41. The smallest absolute Gasteiger partial charge is 0.0548 e. The molecule has 2 nitrogen and oxygen atoms in total. The number of nitrogens with zero attached hydrogens (tertiary/aromatic N) is 1. The summed E-state index contributed by atoms with van der Waals surface area (Å²) in [5.41, 5.74) is 1.27. The normalized spacial score (nSPS) is 18.5. The number of nitrogens with one attached hydrogen (secondary N) is 1. The van der Waals surface area contributed by atoms with Crippen molar-refractivity contribution in [2.24, 2.45) is 0 Å². The molecule has 1 saturated heterocycles. The second kappa shape index (κ2) is 7.63. The van der Waals surface area contributed by atoms with E-state index in [1.165, 1.54) is 37.9 Å². The zero-order chi connectivity index (χ0) is 13.7. The van der Waals surface area contributed by atoms with Crippen LogP contribution in [0.1, 0.15) is 31.7 Å². The summed E-state index contributed by atoms with van der Waals surface area (Å²) in [7, 11) is 0. The van der Waals surface area contributed by atoms with E-state index in [0.717, 1.165) is 22.6 Å². The second-order valence-corrected chi connectivity index (χ2v) is 6.65. The molecule has 1 aliphatic heterocycles. The van der Waals surface area contributed by atoms with Crippen molar-refractivity contribution in [3.8, 4) is 0 Å². The highest BCUT2D eigenvalue weighted by molar-refractivity contribution is 9.10. The fourth-order valence-corrected chi connectivity index (χ4v) is 3.08. The van der Waals surface area contributed by atoms with Gasteiger partial charge in [-0.2, -0.15) is 0 Å². The Morgan fingerprint density at radius 2 is 2.05 bits per heavy atom. The van der Waals surface area contributed by atoms with Crippen LogP contribution in [0.15, 0.2) is 22.7 Å². The summed E-state index contributed by atoms with van der Waals surface area (Å²) >= 11 is 9.46. The van der Waals surface area contributed by atoms with Crippen molar-refractivity contribution in [3.63, 3.8) is 0 Å². The summed E-state index contributed by atoms with van der Waals surface area (Å²) in [5, 5.41) is 4.36. The molecule has 0 aliphatic carbocycles. The summed E-state index contributed by atoms with van der Waals surface area (Å²) in [6.45, 7) is 6.83. The minimum Gasteiger partial charge on any atom is -0.309 e. The molecule has 1 aliphatic rings. The standard InChI is InChI=1S/C15H22BrClN2/c1-12(11-19-7-3-2-4-8-19)18-10-13-5-6-15(17)14(16)9-13/h5-6,9,12,18H,2-4,7-8,10-11H2,1H3. The van der Waals surface area contributed by atoms with Crippen molar-refractivity contribution in [1.82, 2.24) is 10.2 Å². The first-order chi connectivity index (χ1) is 9.15. The molecule has 1 aromatic carbocycles. The van der Waals surface area contributed by atoms with E-state index in [9.17, 15) is 0 Å². The van der Waals surface area contributed by atoms with Crippen LogP contribution in [0.2, 0.25) is 5.02 Å². The van der Waals surface area contributed by atoms with E-state index in [2.05, 4.69) is 45.2 Å². The molecule has 1 atom stereocenters. The Balaban J connectivity index is 1.75. The van der Waals surface area contributed by atoms with Gasteiger partial charge in [-0.1, -0.05) is 24.1 Å². The average molecular weight is 346 g/mol. The summed E-state index contributed by atoms with van der Waals surface area (Å²) in [6, 6.07) is 6.63. The number of halogens is 2. The predicted octanol–water partition coefficient (Wildman–Crippen LogP) is 4.07. The summed E-state index contributed by atoms with van der Waals surface area (Å²) in [5.74, 6) is 0. The van der Waals surface area contributed by atoms with Gasteiger partial charge in [0.2, 0.25) is 0 Å². The highest BCUT2D eigenvalue weighted by Gasteiger charge is 2.13. The maximum Gasteiger partial charge on any atom is 0.0548 e. The molecule has 19 heavy (non-hydrogen) atoms. The van der Waals surface area contributed by atoms with Gasteiger partial charge in [-0.05, 0) is 66.5 Å². The molecule has 0 bridgehead atoms. The van der Waals surface area contributed by atoms with Gasteiger partial charge in [-0.15, -0.1) is 0 Å². The minimum absolute atomic E-state index is 0.521. The van der Waals surface area contributed by atoms with Crippen molar-refractivity contribution in [3.05, 3.63) is 33.3 Å². The Labute approximate surface area is 129 Å². The zero-order valence-electron chi connectivity index (χ0n) is 11.5. The molecule has 0 amide bonds. The number of piperidine rings is 1. The van der Waals surface area contributed by atoms with Crippen molar-refractivity contribution >= 4 is 27.5 Å². The predicted molar refractivity (Wildman–Crippen MR) is 85.7 cm³/mol. The largest absolute Gasteiger partial charge is 0.309 e. The molecule has 106 valence electrons. The monoisotopic (exact) mass is 344 g/mol. The summed E-state index contributed by atoms with van der Waals surface area (Å²) in [6.07, 6.45) is 4.12. The second-order valence-electron chi connectivity index (χ2n) is 5.39. The third-order valence-electron chi connectivity index (χ3n) is 3.62. The van der Waals surface area contributed by atoms with Crippen LogP contribution in [0.3, 0.4) is 0 Å². The lowest BCUT2D eigenvalue weighted by Gasteiger charge is -2.29. The van der Waals surface area contributed by atoms with Crippen LogP contribution in [0.5, 0.6) is 0 Å². The summed E-state index contributed by atoms with van der Waals surface area (Å²) in [4.78, 5) is 2.57. The first-order valence-electron chi connectivity index (χ1n) is 7.05. The molecule has 0 aromatic heterocycles. The van der Waals surface area contributed by atoms with Gasteiger partial charge < -0.3 is 10.2 Å². The van der Waals surface area contributed by atoms with Crippen LogP contribution in [0.4, 0.5) is 0 Å². The molecule has 1 heterocycles. The average Bonchev–Trinajstić information content (AvgIpc) is 2.41. The number of hydrogen-bond acceptors (Lipinski definition) is 2. The maximum absolute atomic E-state index is 6.00.